The van der Waals surface area contributed by atoms with Crippen LogP contribution in [0.25, 0.3) is 22.3 Å². The van der Waals surface area contributed by atoms with E-state index in [0.717, 1.165) is 30.7 Å². The first kappa shape index (κ1) is 32.2. The van der Waals surface area contributed by atoms with Crippen molar-refractivity contribution in [1.29, 1.82) is 0 Å². The minimum absolute atomic E-state index is 0.0505. The molecule has 0 spiro atoms. The van der Waals surface area contributed by atoms with Crippen molar-refractivity contribution in [2.75, 3.05) is 26.3 Å². The molecule has 4 aromatic carbocycles. The molecule has 0 bridgehead atoms. The van der Waals surface area contributed by atoms with E-state index >= 15 is 0 Å². The van der Waals surface area contributed by atoms with Crippen LogP contribution in [0.1, 0.15) is 75.1 Å². The van der Waals surface area contributed by atoms with Crippen molar-refractivity contribution in [3.63, 3.8) is 0 Å². The highest BCUT2D eigenvalue weighted by atomic mass is 16.3. The fourth-order valence-electron chi connectivity index (χ4n) is 6.63. The number of benzene rings is 4. The molecule has 0 aromatic heterocycles. The molecular formula is C41H42N2O4. The third-order valence-corrected chi connectivity index (χ3v) is 9.03. The van der Waals surface area contributed by atoms with E-state index in [2.05, 4.69) is 34.9 Å². The van der Waals surface area contributed by atoms with Gasteiger partial charge in [0.15, 0.2) is 11.6 Å². The number of aliphatic hydroxyl groups excluding tert-OH is 2. The third kappa shape index (κ3) is 7.62. The van der Waals surface area contributed by atoms with E-state index in [4.69, 9.17) is 0 Å². The van der Waals surface area contributed by atoms with E-state index in [1.165, 1.54) is 44.5 Å². The maximum Gasteiger partial charge on any atom is 0.187 e. The first-order valence-corrected chi connectivity index (χ1v) is 16.7. The second-order valence-electron chi connectivity index (χ2n) is 12.3. The first-order valence-electron chi connectivity index (χ1n) is 16.7. The van der Waals surface area contributed by atoms with Gasteiger partial charge in [0.1, 0.15) is 0 Å². The lowest BCUT2D eigenvalue weighted by Crippen LogP contribution is -2.23. The number of fused-ring (bicyclic) bond motifs is 6. The van der Waals surface area contributed by atoms with E-state index in [1.54, 1.807) is 12.2 Å². The zero-order valence-electron chi connectivity index (χ0n) is 26.7. The SMILES string of the molecule is O=C(/C=C(/CCCO)NCCCN/C(=C\C(=O)c1ccc2c(c1)Cc1ccccc1-2)CCCO)c1ccc2c(c1)Cc1ccccc1-2. The Morgan fingerprint density at radius 2 is 0.979 bits per heavy atom. The van der Waals surface area contributed by atoms with E-state index in [-0.39, 0.29) is 24.8 Å². The molecular weight excluding hydrogens is 584 g/mol. The van der Waals surface area contributed by atoms with Crippen LogP contribution in [0.3, 0.4) is 0 Å². The van der Waals surface area contributed by atoms with Gasteiger partial charge in [0.25, 0.3) is 0 Å². The highest BCUT2D eigenvalue weighted by molar-refractivity contribution is 6.06. The average molecular weight is 627 g/mol. The highest BCUT2D eigenvalue weighted by Crippen LogP contribution is 2.38. The molecule has 0 saturated carbocycles. The zero-order chi connectivity index (χ0) is 32.6. The maximum atomic E-state index is 13.3. The zero-order valence-corrected chi connectivity index (χ0v) is 26.7. The second-order valence-corrected chi connectivity index (χ2v) is 12.3. The van der Waals surface area contributed by atoms with Crippen LogP contribution in [0.15, 0.2) is 108 Å². The lowest BCUT2D eigenvalue weighted by atomic mass is 10.0. The highest BCUT2D eigenvalue weighted by Gasteiger charge is 2.20. The summed E-state index contributed by atoms with van der Waals surface area (Å²) in [5, 5.41) is 25.7. The van der Waals surface area contributed by atoms with E-state index in [0.29, 0.717) is 49.9 Å². The van der Waals surface area contributed by atoms with Crippen molar-refractivity contribution < 1.29 is 19.8 Å². The standard InChI is InChI=1S/C41H42N2O4/c44-20-5-10-34(26-40(46)30-14-16-38-32(24-30)22-28-8-1-3-12-36(28)38)42-18-7-19-43-35(11-6-21-45)27-41(47)31-15-17-39-33(25-31)23-29-9-2-4-13-37(29)39/h1-4,8-9,12-17,24-27,42-45H,5-7,10-11,18-23H2/b34-26-,35-27-. The van der Waals surface area contributed by atoms with Gasteiger partial charge in [0.2, 0.25) is 0 Å². The van der Waals surface area contributed by atoms with E-state index in [1.807, 2.05) is 60.7 Å². The third-order valence-electron chi connectivity index (χ3n) is 9.03. The van der Waals surface area contributed by atoms with Gasteiger partial charge in [-0.2, -0.15) is 0 Å². The summed E-state index contributed by atoms with van der Waals surface area (Å²) in [5.41, 5.74) is 12.7. The van der Waals surface area contributed by atoms with Crippen LogP contribution in [-0.2, 0) is 12.8 Å². The summed E-state index contributed by atoms with van der Waals surface area (Å²) < 4.78 is 0. The fraction of sp³-hybridized carbons (Fsp3) is 0.268. The Balaban J connectivity index is 1.04. The van der Waals surface area contributed by atoms with Crippen molar-refractivity contribution in [2.45, 2.75) is 44.9 Å². The van der Waals surface area contributed by atoms with Gasteiger partial charge in [0.05, 0.1) is 0 Å². The number of ketones is 2. The number of rotatable bonds is 16. The summed E-state index contributed by atoms with van der Waals surface area (Å²) in [7, 11) is 0. The summed E-state index contributed by atoms with van der Waals surface area (Å²) in [5.74, 6) is -0.101. The first-order chi connectivity index (χ1) is 23.0. The van der Waals surface area contributed by atoms with Gasteiger partial charge in [-0.05, 0) is 102 Å². The lowest BCUT2D eigenvalue weighted by molar-refractivity contribution is 0.103. The smallest absolute Gasteiger partial charge is 0.187 e. The molecule has 0 atom stereocenters. The predicted octanol–water partition coefficient (Wildman–Crippen LogP) is 6.78. The predicted molar refractivity (Wildman–Crippen MR) is 187 cm³/mol. The van der Waals surface area contributed by atoms with Gasteiger partial charge in [-0.15, -0.1) is 0 Å². The molecule has 240 valence electrons. The molecule has 0 heterocycles. The molecule has 0 fully saturated rings. The number of nitrogens with one attached hydrogen (secondary N) is 2. The van der Waals surface area contributed by atoms with Gasteiger partial charge >= 0.3 is 0 Å². The van der Waals surface area contributed by atoms with Crippen molar-refractivity contribution in [2.24, 2.45) is 0 Å². The molecule has 0 unspecified atom stereocenters. The second kappa shape index (κ2) is 15.2. The topological polar surface area (TPSA) is 98.7 Å². The summed E-state index contributed by atoms with van der Waals surface area (Å²) in [6.45, 7) is 1.36. The number of carbonyl (C=O) groups excluding carboxylic acids is 2. The Morgan fingerprint density at radius 1 is 0.553 bits per heavy atom. The lowest BCUT2D eigenvalue weighted by Gasteiger charge is -2.14. The van der Waals surface area contributed by atoms with Crippen LogP contribution in [0, 0.1) is 0 Å². The van der Waals surface area contributed by atoms with Crippen LogP contribution in [0.5, 0.6) is 0 Å². The Bertz CT molecular complexity index is 1700. The molecule has 4 aromatic rings. The Labute approximate surface area is 276 Å². The number of hydrogen-bond donors (Lipinski definition) is 4. The molecule has 6 heteroatoms. The molecule has 0 amide bonds. The quantitative estimate of drug-likeness (QED) is 0.0538. The van der Waals surface area contributed by atoms with Crippen molar-refractivity contribution in [1.82, 2.24) is 10.6 Å². The summed E-state index contributed by atoms with van der Waals surface area (Å²) >= 11 is 0. The molecule has 0 saturated heterocycles. The minimum atomic E-state index is -0.0505. The summed E-state index contributed by atoms with van der Waals surface area (Å²) in [6.07, 6.45) is 8.03. The Kier molecular flexibility index (Phi) is 10.4. The molecule has 2 aliphatic carbocycles. The fourth-order valence-corrected chi connectivity index (χ4v) is 6.63. The van der Waals surface area contributed by atoms with E-state index in [9.17, 15) is 19.8 Å². The van der Waals surface area contributed by atoms with Gasteiger partial charge in [-0.25, -0.2) is 0 Å². The molecule has 6 nitrogen and oxygen atoms in total. The molecule has 6 rings (SSSR count). The van der Waals surface area contributed by atoms with Crippen LogP contribution in [-0.4, -0.2) is 48.1 Å². The Hall–Kier alpha value is -4.78. The summed E-state index contributed by atoms with van der Waals surface area (Å²) in [4.78, 5) is 26.5. The number of hydrogen-bond acceptors (Lipinski definition) is 6. The Morgan fingerprint density at radius 3 is 1.43 bits per heavy atom. The van der Waals surface area contributed by atoms with Gasteiger partial charge in [0, 0.05) is 61.0 Å². The molecule has 47 heavy (non-hydrogen) atoms. The summed E-state index contributed by atoms with van der Waals surface area (Å²) in [6, 6.07) is 28.6. The normalized spacial score (nSPS) is 13.1. The molecule has 2 aliphatic rings. The molecule has 0 aliphatic heterocycles. The maximum absolute atomic E-state index is 13.3. The van der Waals surface area contributed by atoms with Crippen LogP contribution >= 0.6 is 0 Å². The van der Waals surface area contributed by atoms with Crippen LogP contribution in [0.4, 0.5) is 0 Å². The monoisotopic (exact) mass is 626 g/mol. The van der Waals surface area contributed by atoms with Gasteiger partial charge < -0.3 is 20.8 Å². The van der Waals surface area contributed by atoms with Crippen molar-refractivity contribution >= 4 is 11.6 Å². The molecule has 0 radical (unpaired) electrons. The van der Waals surface area contributed by atoms with Crippen molar-refractivity contribution in [3.05, 3.63) is 142 Å². The van der Waals surface area contributed by atoms with Gasteiger partial charge in [-0.3, -0.25) is 9.59 Å². The number of carbonyl (C=O) groups is 2. The average Bonchev–Trinajstić information content (AvgIpc) is 3.66. The van der Waals surface area contributed by atoms with Gasteiger partial charge in [-0.1, -0.05) is 72.8 Å². The van der Waals surface area contributed by atoms with Crippen LogP contribution in [0.2, 0.25) is 0 Å². The molecule has 4 N–H and O–H groups in total. The minimum Gasteiger partial charge on any atom is -0.396 e. The largest absolute Gasteiger partial charge is 0.396 e. The van der Waals surface area contributed by atoms with Crippen molar-refractivity contribution in [3.8, 4) is 22.3 Å². The number of aliphatic hydroxyl groups is 2. The van der Waals surface area contributed by atoms with E-state index < -0.39 is 0 Å². The number of allylic oxidation sites excluding steroid dienone is 4. The van der Waals surface area contributed by atoms with Crippen LogP contribution < -0.4 is 10.6 Å².